The number of nitro benzene ring substituents is 1. The summed E-state index contributed by atoms with van der Waals surface area (Å²) in [4.78, 5) is 12.8. The van der Waals surface area contributed by atoms with Crippen molar-refractivity contribution in [3.8, 4) is 0 Å². The van der Waals surface area contributed by atoms with E-state index in [0.29, 0.717) is 6.04 Å². The van der Waals surface area contributed by atoms with Crippen molar-refractivity contribution in [1.82, 2.24) is 10.2 Å². The summed E-state index contributed by atoms with van der Waals surface area (Å²) in [7, 11) is 0. The van der Waals surface area contributed by atoms with Crippen molar-refractivity contribution in [3.63, 3.8) is 0 Å². The molecule has 0 radical (unpaired) electrons. The fraction of sp³-hybridized carbons (Fsp3) is 0.571. The number of likely N-dealkylation sites (tertiary alicyclic amines) is 1. The van der Waals surface area contributed by atoms with Crippen LogP contribution in [0, 0.1) is 16.0 Å². The van der Waals surface area contributed by atoms with Gasteiger partial charge in [0.05, 0.1) is 4.92 Å². The van der Waals surface area contributed by atoms with E-state index in [4.69, 9.17) is 0 Å². The molecule has 108 valence electrons. The molecule has 1 aromatic carbocycles. The zero-order valence-corrected chi connectivity index (χ0v) is 12.8. The van der Waals surface area contributed by atoms with Crippen molar-refractivity contribution >= 4 is 21.6 Å². The van der Waals surface area contributed by atoms with Crippen LogP contribution in [0.1, 0.15) is 18.4 Å². The van der Waals surface area contributed by atoms with Crippen LogP contribution in [0.2, 0.25) is 0 Å². The molecule has 5 nitrogen and oxygen atoms in total. The van der Waals surface area contributed by atoms with Crippen LogP contribution in [0.4, 0.5) is 5.69 Å². The van der Waals surface area contributed by atoms with Crippen molar-refractivity contribution in [2.45, 2.75) is 25.4 Å². The summed E-state index contributed by atoms with van der Waals surface area (Å²) < 4.78 is 0.828. The Bertz CT molecular complexity index is 509. The summed E-state index contributed by atoms with van der Waals surface area (Å²) >= 11 is 3.45. The predicted molar refractivity (Wildman–Crippen MR) is 80.6 cm³/mol. The molecular formula is C14H18BrN3O2. The maximum Gasteiger partial charge on any atom is 0.270 e. The molecule has 2 unspecified atom stereocenters. The molecule has 0 saturated carbocycles. The molecule has 2 atom stereocenters. The van der Waals surface area contributed by atoms with Gasteiger partial charge in [-0.1, -0.05) is 15.9 Å². The van der Waals surface area contributed by atoms with E-state index in [1.165, 1.54) is 12.8 Å². The lowest BCUT2D eigenvalue weighted by Gasteiger charge is -2.24. The van der Waals surface area contributed by atoms with Gasteiger partial charge in [-0.05, 0) is 36.9 Å². The Morgan fingerprint density at radius 1 is 1.45 bits per heavy atom. The third-order valence-electron chi connectivity index (χ3n) is 4.32. The van der Waals surface area contributed by atoms with Gasteiger partial charge in [-0.3, -0.25) is 15.0 Å². The van der Waals surface area contributed by atoms with Gasteiger partial charge in [0, 0.05) is 42.3 Å². The average molecular weight is 340 g/mol. The van der Waals surface area contributed by atoms with E-state index in [1.54, 1.807) is 12.1 Å². The third-order valence-corrected chi connectivity index (χ3v) is 5.05. The minimum atomic E-state index is -0.358. The van der Waals surface area contributed by atoms with Crippen LogP contribution in [0.3, 0.4) is 0 Å². The second-order valence-corrected chi connectivity index (χ2v) is 6.54. The second kappa shape index (κ2) is 5.79. The van der Waals surface area contributed by atoms with E-state index in [2.05, 4.69) is 26.1 Å². The molecule has 20 heavy (non-hydrogen) atoms. The standard InChI is InChI=1S/C14H18BrN3O2/c15-13-6-12(18(19)20)4-3-10(13)7-17-8-11-2-1-5-16-14(11)9-17/h3-4,6,11,14,16H,1-2,5,7-9H2. The van der Waals surface area contributed by atoms with Crippen LogP contribution in [0.25, 0.3) is 0 Å². The van der Waals surface area contributed by atoms with Gasteiger partial charge >= 0.3 is 0 Å². The van der Waals surface area contributed by atoms with Gasteiger partial charge in [-0.2, -0.15) is 0 Å². The smallest absolute Gasteiger partial charge is 0.270 e. The monoisotopic (exact) mass is 339 g/mol. The summed E-state index contributed by atoms with van der Waals surface area (Å²) in [5, 5.41) is 14.3. The first-order chi connectivity index (χ1) is 9.63. The van der Waals surface area contributed by atoms with Crippen molar-refractivity contribution in [2.24, 2.45) is 5.92 Å². The number of rotatable bonds is 3. The molecule has 0 spiro atoms. The topological polar surface area (TPSA) is 58.4 Å². The van der Waals surface area contributed by atoms with Gasteiger partial charge in [0.25, 0.3) is 5.69 Å². The van der Waals surface area contributed by atoms with Crippen molar-refractivity contribution in [3.05, 3.63) is 38.3 Å². The first-order valence-corrected chi connectivity index (χ1v) is 7.81. The molecule has 2 aliphatic heterocycles. The van der Waals surface area contributed by atoms with Gasteiger partial charge in [-0.15, -0.1) is 0 Å². The Kier molecular flexibility index (Phi) is 4.05. The molecule has 0 bridgehead atoms. The van der Waals surface area contributed by atoms with Crippen LogP contribution >= 0.6 is 15.9 Å². The first-order valence-electron chi connectivity index (χ1n) is 7.02. The summed E-state index contributed by atoms with van der Waals surface area (Å²) in [6.45, 7) is 4.19. The highest BCUT2D eigenvalue weighted by molar-refractivity contribution is 9.10. The number of nitrogens with zero attached hydrogens (tertiary/aromatic N) is 2. The number of fused-ring (bicyclic) bond motifs is 1. The molecule has 2 saturated heterocycles. The molecule has 6 heteroatoms. The van der Waals surface area contributed by atoms with Gasteiger partial charge in [-0.25, -0.2) is 0 Å². The normalized spacial score (nSPS) is 26.4. The molecule has 3 rings (SSSR count). The van der Waals surface area contributed by atoms with Gasteiger partial charge in [0.2, 0.25) is 0 Å². The number of nitro groups is 1. The average Bonchev–Trinajstić information content (AvgIpc) is 2.83. The SMILES string of the molecule is O=[N+]([O-])c1ccc(CN2CC3CCCNC3C2)c(Br)c1. The number of non-ortho nitro benzene ring substituents is 1. The van der Waals surface area contributed by atoms with Crippen LogP contribution in [0.5, 0.6) is 0 Å². The van der Waals surface area contributed by atoms with E-state index in [1.807, 2.05) is 6.07 Å². The van der Waals surface area contributed by atoms with Crippen LogP contribution in [0.15, 0.2) is 22.7 Å². The first kappa shape index (κ1) is 14.0. The lowest BCUT2D eigenvalue weighted by Crippen LogP contribution is -2.40. The maximum absolute atomic E-state index is 10.7. The van der Waals surface area contributed by atoms with Gasteiger partial charge in [0.15, 0.2) is 0 Å². The van der Waals surface area contributed by atoms with E-state index in [-0.39, 0.29) is 10.6 Å². The molecule has 1 N–H and O–H groups in total. The lowest BCUT2D eigenvalue weighted by atomic mass is 9.94. The number of hydrogen-bond donors (Lipinski definition) is 1. The fourth-order valence-corrected chi connectivity index (χ4v) is 3.78. The summed E-state index contributed by atoms with van der Waals surface area (Å²) in [6.07, 6.45) is 2.59. The van der Waals surface area contributed by atoms with E-state index < -0.39 is 0 Å². The zero-order chi connectivity index (χ0) is 14.1. The number of hydrogen-bond acceptors (Lipinski definition) is 4. The third kappa shape index (κ3) is 2.87. The quantitative estimate of drug-likeness (QED) is 0.679. The highest BCUT2D eigenvalue weighted by atomic mass is 79.9. The Morgan fingerprint density at radius 3 is 3.00 bits per heavy atom. The minimum absolute atomic E-state index is 0.136. The molecular weight excluding hydrogens is 322 g/mol. The minimum Gasteiger partial charge on any atom is -0.312 e. The molecule has 2 heterocycles. The molecule has 2 fully saturated rings. The van der Waals surface area contributed by atoms with Crippen LogP contribution < -0.4 is 5.32 Å². The second-order valence-electron chi connectivity index (χ2n) is 5.69. The number of piperidine rings is 1. The Morgan fingerprint density at radius 2 is 2.30 bits per heavy atom. The highest BCUT2D eigenvalue weighted by Gasteiger charge is 2.34. The van der Waals surface area contributed by atoms with E-state index in [9.17, 15) is 10.1 Å². The van der Waals surface area contributed by atoms with Crippen molar-refractivity contribution < 1.29 is 4.92 Å². The van der Waals surface area contributed by atoms with Crippen LogP contribution in [-0.4, -0.2) is 35.5 Å². The maximum atomic E-state index is 10.7. The molecule has 2 aliphatic rings. The fourth-order valence-electron chi connectivity index (χ4n) is 3.28. The zero-order valence-electron chi connectivity index (χ0n) is 11.2. The predicted octanol–water partition coefficient (Wildman–Crippen LogP) is 2.54. The van der Waals surface area contributed by atoms with Crippen molar-refractivity contribution in [1.29, 1.82) is 0 Å². The number of benzene rings is 1. The molecule has 1 aromatic rings. The Balaban J connectivity index is 1.68. The molecule has 0 amide bonds. The largest absolute Gasteiger partial charge is 0.312 e. The number of nitrogens with one attached hydrogen (secondary N) is 1. The summed E-state index contributed by atoms with van der Waals surface area (Å²) in [5.74, 6) is 0.764. The molecule has 0 aliphatic carbocycles. The summed E-state index contributed by atoms with van der Waals surface area (Å²) in [5.41, 5.74) is 1.26. The van der Waals surface area contributed by atoms with Crippen LogP contribution in [-0.2, 0) is 6.54 Å². The van der Waals surface area contributed by atoms with Crippen molar-refractivity contribution in [2.75, 3.05) is 19.6 Å². The summed E-state index contributed by atoms with van der Waals surface area (Å²) in [6, 6.07) is 5.66. The van der Waals surface area contributed by atoms with E-state index in [0.717, 1.165) is 42.1 Å². The lowest BCUT2D eigenvalue weighted by molar-refractivity contribution is -0.384. The molecule has 0 aromatic heterocycles. The van der Waals surface area contributed by atoms with E-state index >= 15 is 0 Å². The Hall–Kier alpha value is -0.980. The Labute approximate surface area is 126 Å². The van der Waals surface area contributed by atoms with Gasteiger partial charge in [0.1, 0.15) is 0 Å². The van der Waals surface area contributed by atoms with Gasteiger partial charge < -0.3 is 5.32 Å². The highest BCUT2D eigenvalue weighted by Crippen LogP contribution is 2.29. The number of halogens is 1.